The maximum absolute atomic E-state index is 11.8. The van der Waals surface area contributed by atoms with E-state index < -0.39 is 5.69 Å². The van der Waals surface area contributed by atoms with E-state index in [9.17, 15) is 10.0 Å². The van der Waals surface area contributed by atoms with Crippen LogP contribution in [0.4, 0.5) is 11.5 Å². The minimum atomic E-state index is -0.794. The van der Waals surface area contributed by atoms with Crippen molar-refractivity contribution in [2.45, 2.75) is 0 Å². The maximum Gasteiger partial charge on any atom is 0.384 e. The summed E-state index contributed by atoms with van der Waals surface area (Å²) in [5.41, 5.74) is 2.08. The van der Waals surface area contributed by atoms with Gasteiger partial charge in [0.05, 0.1) is 5.39 Å². The number of aromatic nitrogens is 4. The van der Waals surface area contributed by atoms with Crippen molar-refractivity contribution >= 4 is 22.5 Å². The fourth-order valence-corrected chi connectivity index (χ4v) is 2.59. The van der Waals surface area contributed by atoms with Gasteiger partial charge in [-0.15, -0.1) is 4.73 Å². The minimum Gasteiger partial charge on any atom is -0.422 e. The van der Waals surface area contributed by atoms with Gasteiger partial charge in [0.25, 0.3) is 0 Å². The molecule has 0 aliphatic carbocycles. The summed E-state index contributed by atoms with van der Waals surface area (Å²) in [4.78, 5) is 23.9. The Bertz CT molecular complexity index is 1110. The summed E-state index contributed by atoms with van der Waals surface area (Å²) in [6.45, 7) is 0. The summed E-state index contributed by atoms with van der Waals surface area (Å²) in [5, 5.41) is 13.5. The zero-order valence-corrected chi connectivity index (χ0v) is 13.0. The maximum atomic E-state index is 11.8. The number of anilines is 2. The van der Waals surface area contributed by atoms with Gasteiger partial charge in [0.15, 0.2) is 5.65 Å². The molecule has 2 N–H and O–H groups in total. The summed E-state index contributed by atoms with van der Waals surface area (Å²) >= 11 is 0. The summed E-state index contributed by atoms with van der Waals surface area (Å²) in [5.74, 6) is 0.335. The molecule has 0 amide bonds. The van der Waals surface area contributed by atoms with Gasteiger partial charge < -0.3 is 10.5 Å². The SMILES string of the molecule is O=c1nc(Nc2cccc(-c3cccnc3)c2)c2cccnc2n1O. The van der Waals surface area contributed by atoms with Gasteiger partial charge in [-0.2, -0.15) is 4.98 Å². The van der Waals surface area contributed by atoms with E-state index in [1.165, 1.54) is 6.20 Å². The van der Waals surface area contributed by atoms with Crippen LogP contribution in [0, 0.1) is 0 Å². The Hall–Kier alpha value is -3.74. The lowest BCUT2D eigenvalue weighted by Crippen LogP contribution is -2.23. The Labute approximate surface area is 142 Å². The molecule has 7 nitrogen and oxygen atoms in total. The Balaban J connectivity index is 1.78. The Morgan fingerprint density at radius 2 is 1.84 bits per heavy atom. The molecule has 3 aromatic heterocycles. The number of hydrogen-bond acceptors (Lipinski definition) is 6. The van der Waals surface area contributed by atoms with E-state index >= 15 is 0 Å². The van der Waals surface area contributed by atoms with Gasteiger partial charge in [-0.3, -0.25) is 4.98 Å². The predicted octanol–water partition coefficient (Wildman–Crippen LogP) is 2.83. The fourth-order valence-electron chi connectivity index (χ4n) is 2.59. The van der Waals surface area contributed by atoms with E-state index in [1.807, 2.05) is 36.4 Å². The summed E-state index contributed by atoms with van der Waals surface area (Å²) in [6, 6.07) is 15.0. The third kappa shape index (κ3) is 2.78. The molecular weight excluding hydrogens is 318 g/mol. The molecule has 0 saturated heterocycles. The van der Waals surface area contributed by atoms with Crippen LogP contribution in [0.25, 0.3) is 22.2 Å². The molecule has 7 heteroatoms. The number of nitrogens with zero attached hydrogens (tertiary/aromatic N) is 4. The first kappa shape index (κ1) is 14.8. The molecular formula is C18H13N5O2. The first-order valence-corrected chi connectivity index (χ1v) is 7.57. The summed E-state index contributed by atoms with van der Waals surface area (Å²) in [7, 11) is 0. The molecule has 3 heterocycles. The standard InChI is InChI=1S/C18H13N5O2/c24-18-22-16(15-7-3-9-20-17(15)23(18)25)21-14-6-1-4-12(10-14)13-5-2-8-19-11-13/h1-11,25H,(H,21,22,24). The lowest BCUT2D eigenvalue weighted by molar-refractivity contribution is 0.182. The second-order valence-electron chi connectivity index (χ2n) is 5.38. The summed E-state index contributed by atoms with van der Waals surface area (Å²) in [6.07, 6.45) is 5.00. The molecule has 4 aromatic rings. The molecule has 0 unspecified atom stereocenters. The van der Waals surface area contributed by atoms with Crippen LogP contribution in [0.3, 0.4) is 0 Å². The van der Waals surface area contributed by atoms with Crippen molar-refractivity contribution < 1.29 is 5.21 Å². The van der Waals surface area contributed by atoms with Crippen molar-refractivity contribution in [1.82, 2.24) is 19.7 Å². The molecule has 0 bridgehead atoms. The normalized spacial score (nSPS) is 10.7. The van der Waals surface area contributed by atoms with Gasteiger partial charge in [-0.25, -0.2) is 9.78 Å². The third-order valence-corrected chi connectivity index (χ3v) is 3.75. The third-order valence-electron chi connectivity index (χ3n) is 3.75. The topological polar surface area (TPSA) is 92.9 Å². The molecule has 0 saturated carbocycles. The molecule has 0 spiro atoms. The molecule has 122 valence electrons. The van der Waals surface area contributed by atoms with Crippen molar-refractivity contribution in [2.24, 2.45) is 0 Å². The van der Waals surface area contributed by atoms with E-state index in [-0.39, 0.29) is 5.65 Å². The highest BCUT2D eigenvalue weighted by molar-refractivity contribution is 5.88. The van der Waals surface area contributed by atoms with Gasteiger partial charge in [-0.1, -0.05) is 18.2 Å². The average Bonchev–Trinajstić information content (AvgIpc) is 2.67. The van der Waals surface area contributed by atoms with Crippen LogP contribution in [0.5, 0.6) is 0 Å². The van der Waals surface area contributed by atoms with Crippen LogP contribution in [0.15, 0.2) is 71.9 Å². The highest BCUT2D eigenvalue weighted by atomic mass is 16.5. The highest BCUT2D eigenvalue weighted by Crippen LogP contribution is 2.25. The van der Waals surface area contributed by atoms with E-state index in [0.29, 0.717) is 15.9 Å². The van der Waals surface area contributed by atoms with Crippen molar-refractivity contribution in [3.05, 3.63) is 77.6 Å². The van der Waals surface area contributed by atoms with E-state index in [1.54, 1.807) is 24.5 Å². The van der Waals surface area contributed by atoms with Gasteiger partial charge in [-0.05, 0) is 35.9 Å². The van der Waals surface area contributed by atoms with Gasteiger partial charge in [0, 0.05) is 29.8 Å². The van der Waals surface area contributed by atoms with Crippen LogP contribution >= 0.6 is 0 Å². The van der Waals surface area contributed by atoms with Crippen LogP contribution in [0.1, 0.15) is 0 Å². The summed E-state index contributed by atoms with van der Waals surface area (Å²) < 4.78 is 0.437. The molecule has 0 atom stereocenters. The Kier molecular flexibility index (Phi) is 3.59. The van der Waals surface area contributed by atoms with Crippen molar-refractivity contribution in [1.29, 1.82) is 0 Å². The average molecular weight is 331 g/mol. The molecule has 0 radical (unpaired) electrons. The number of benzene rings is 1. The second-order valence-corrected chi connectivity index (χ2v) is 5.38. The van der Waals surface area contributed by atoms with Gasteiger partial charge in [0.2, 0.25) is 0 Å². The quantitative estimate of drug-likeness (QED) is 0.561. The lowest BCUT2D eigenvalue weighted by atomic mass is 10.1. The first-order chi connectivity index (χ1) is 12.2. The monoisotopic (exact) mass is 331 g/mol. The van der Waals surface area contributed by atoms with E-state index in [2.05, 4.69) is 20.3 Å². The van der Waals surface area contributed by atoms with Crippen molar-refractivity contribution in [2.75, 3.05) is 5.32 Å². The van der Waals surface area contributed by atoms with Crippen molar-refractivity contribution in [3.8, 4) is 11.1 Å². The number of fused-ring (bicyclic) bond motifs is 1. The zero-order chi connectivity index (χ0) is 17.2. The fraction of sp³-hybridized carbons (Fsp3) is 0. The van der Waals surface area contributed by atoms with Gasteiger partial charge >= 0.3 is 5.69 Å². The van der Waals surface area contributed by atoms with Crippen LogP contribution in [-0.4, -0.2) is 24.9 Å². The molecule has 0 fully saturated rings. The Morgan fingerprint density at radius 1 is 1.00 bits per heavy atom. The number of nitrogens with one attached hydrogen (secondary N) is 1. The number of hydrogen-bond donors (Lipinski definition) is 2. The van der Waals surface area contributed by atoms with Gasteiger partial charge in [0.1, 0.15) is 5.82 Å². The molecule has 1 aromatic carbocycles. The molecule has 0 aliphatic rings. The molecule has 4 rings (SSSR count). The van der Waals surface area contributed by atoms with Crippen molar-refractivity contribution in [3.63, 3.8) is 0 Å². The highest BCUT2D eigenvalue weighted by Gasteiger charge is 2.11. The van der Waals surface area contributed by atoms with Crippen LogP contribution in [-0.2, 0) is 0 Å². The zero-order valence-electron chi connectivity index (χ0n) is 13.0. The molecule has 25 heavy (non-hydrogen) atoms. The van der Waals surface area contributed by atoms with Crippen LogP contribution < -0.4 is 11.0 Å². The smallest absolute Gasteiger partial charge is 0.384 e. The van der Waals surface area contributed by atoms with Crippen LogP contribution in [0.2, 0.25) is 0 Å². The number of pyridine rings is 2. The largest absolute Gasteiger partial charge is 0.422 e. The Morgan fingerprint density at radius 3 is 2.68 bits per heavy atom. The second kappa shape index (κ2) is 6.04. The lowest BCUT2D eigenvalue weighted by Gasteiger charge is -2.10. The number of rotatable bonds is 3. The van der Waals surface area contributed by atoms with E-state index in [4.69, 9.17) is 0 Å². The minimum absolute atomic E-state index is 0.147. The predicted molar refractivity (Wildman–Crippen MR) is 93.9 cm³/mol. The molecule has 0 aliphatic heterocycles. The van der Waals surface area contributed by atoms with E-state index in [0.717, 1.165) is 16.8 Å². The first-order valence-electron chi connectivity index (χ1n) is 7.57.